The van der Waals surface area contributed by atoms with Crippen molar-refractivity contribution in [3.05, 3.63) is 35.2 Å². The maximum atomic E-state index is 12.8. The molecule has 0 bridgehead atoms. The van der Waals surface area contributed by atoms with E-state index >= 15 is 0 Å². The number of hydrogen-bond acceptors (Lipinski definition) is 3. The van der Waals surface area contributed by atoms with E-state index in [-0.39, 0.29) is 5.91 Å². The van der Waals surface area contributed by atoms with Crippen molar-refractivity contribution < 1.29 is 4.79 Å². The van der Waals surface area contributed by atoms with Gasteiger partial charge in [-0.25, -0.2) is 0 Å². The number of carbonyl (C=O) groups is 1. The van der Waals surface area contributed by atoms with Crippen molar-refractivity contribution in [1.29, 1.82) is 0 Å². The maximum absolute atomic E-state index is 12.8. The fourth-order valence-corrected chi connectivity index (χ4v) is 4.50. The van der Waals surface area contributed by atoms with Crippen molar-refractivity contribution in [3.8, 4) is 0 Å². The highest BCUT2D eigenvalue weighted by molar-refractivity contribution is 7.17. The molecule has 1 aromatic heterocycles. The Labute approximate surface area is 122 Å². The van der Waals surface area contributed by atoms with Crippen LogP contribution < -0.4 is 5.32 Å². The Morgan fingerprint density at radius 2 is 2.20 bits per heavy atom. The first kappa shape index (κ1) is 12.4. The summed E-state index contributed by atoms with van der Waals surface area (Å²) >= 11 is 1.66. The van der Waals surface area contributed by atoms with E-state index in [1.54, 1.807) is 11.3 Å². The molecular weight excluding hydrogens is 268 g/mol. The van der Waals surface area contributed by atoms with Gasteiger partial charge in [0.1, 0.15) is 0 Å². The summed E-state index contributed by atoms with van der Waals surface area (Å²) in [7, 11) is 0. The molecule has 20 heavy (non-hydrogen) atoms. The van der Waals surface area contributed by atoms with Gasteiger partial charge in [-0.05, 0) is 25.5 Å². The van der Waals surface area contributed by atoms with Gasteiger partial charge in [-0.3, -0.25) is 4.79 Å². The summed E-state index contributed by atoms with van der Waals surface area (Å²) < 4.78 is 1.20. The molecule has 104 valence electrons. The van der Waals surface area contributed by atoms with Crippen LogP contribution >= 0.6 is 11.3 Å². The molecule has 0 saturated carbocycles. The number of fused-ring (bicyclic) bond motifs is 1. The second-order valence-electron chi connectivity index (χ2n) is 6.05. The molecule has 1 amide bonds. The topological polar surface area (TPSA) is 32.3 Å². The average Bonchev–Trinajstić information content (AvgIpc) is 3.20. The van der Waals surface area contributed by atoms with Crippen molar-refractivity contribution in [2.75, 3.05) is 26.2 Å². The molecule has 2 aromatic rings. The van der Waals surface area contributed by atoms with Crippen LogP contribution in [0.5, 0.6) is 0 Å². The summed E-state index contributed by atoms with van der Waals surface area (Å²) in [4.78, 5) is 14.8. The molecule has 1 aromatic carbocycles. The smallest absolute Gasteiger partial charge is 0.255 e. The minimum atomic E-state index is 0.214. The van der Waals surface area contributed by atoms with Crippen LogP contribution in [0.4, 0.5) is 0 Å². The summed E-state index contributed by atoms with van der Waals surface area (Å²) in [5.41, 5.74) is 1.23. The maximum Gasteiger partial charge on any atom is 0.255 e. The quantitative estimate of drug-likeness (QED) is 0.874. The van der Waals surface area contributed by atoms with Crippen LogP contribution in [0.3, 0.4) is 0 Å². The summed E-state index contributed by atoms with van der Waals surface area (Å²) in [5.74, 6) is 0.214. The van der Waals surface area contributed by atoms with Gasteiger partial charge in [-0.15, -0.1) is 11.3 Å². The van der Waals surface area contributed by atoms with E-state index in [0.717, 1.165) is 43.5 Å². The van der Waals surface area contributed by atoms with Gasteiger partial charge in [0, 0.05) is 40.5 Å². The van der Waals surface area contributed by atoms with Crippen molar-refractivity contribution in [2.45, 2.75) is 12.8 Å². The van der Waals surface area contributed by atoms with Crippen molar-refractivity contribution >= 4 is 27.3 Å². The fourth-order valence-electron chi connectivity index (χ4n) is 3.57. The van der Waals surface area contributed by atoms with Crippen molar-refractivity contribution in [2.24, 2.45) is 5.41 Å². The Morgan fingerprint density at radius 3 is 3.05 bits per heavy atom. The number of nitrogens with one attached hydrogen (secondary N) is 1. The van der Waals surface area contributed by atoms with Gasteiger partial charge in [0.05, 0.1) is 5.56 Å². The first-order chi connectivity index (χ1) is 9.77. The van der Waals surface area contributed by atoms with Gasteiger partial charge in [0.25, 0.3) is 5.91 Å². The minimum Gasteiger partial charge on any atom is -0.338 e. The zero-order valence-corrected chi connectivity index (χ0v) is 12.2. The highest BCUT2D eigenvalue weighted by Gasteiger charge is 2.42. The van der Waals surface area contributed by atoms with Crippen LogP contribution in [0.2, 0.25) is 0 Å². The van der Waals surface area contributed by atoms with E-state index in [0.29, 0.717) is 5.41 Å². The van der Waals surface area contributed by atoms with Gasteiger partial charge in [0.2, 0.25) is 0 Å². The lowest BCUT2D eigenvalue weighted by Crippen LogP contribution is -2.33. The number of nitrogens with zero attached hydrogens (tertiary/aromatic N) is 1. The molecule has 4 heteroatoms. The monoisotopic (exact) mass is 286 g/mol. The highest BCUT2D eigenvalue weighted by Crippen LogP contribution is 2.37. The molecular formula is C16H18N2OS. The van der Waals surface area contributed by atoms with E-state index in [4.69, 9.17) is 0 Å². The van der Waals surface area contributed by atoms with Gasteiger partial charge < -0.3 is 10.2 Å². The Balaban J connectivity index is 1.62. The lowest BCUT2D eigenvalue weighted by Gasteiger charge is -2.22. The van der Waals surface area contributed by atoms with Gasteiger partial charge in [-0.2, -0.15) is 0 Å². The Kier molecular flexibility index (Phi) is 2.82. The third-order valence-corrected chi connectivity index (χ3v) is 5.73. The Bertz CT molecular complexity index is 657. The molecule has 2 aliphatic rings. The van der Waals surface area contributed by atoms with E-state index in [9.17, 15) is 4.79 Å². The molecule has 3 heterocycles. The zero-order chi connectivity index (χ0) is 13.6. The predicted octanol–water partition coefficient (Wildman–Crippen LogP) is 2.73. The minimum absolute atomic E-state index is 0.214. The largest absolute Gasteiger partial charge is 0.338 e. The number of carbonyl (C=O) groups excluding carboxylic acids is 1. The zero-order valence-electron chi connectivity index (χ0n) is 11.4. The van der Waals surface area contributed by atoms with Crippen molar-refractivity contribution in [1.82, 2.24) is 10.2 Å². The molecule has 0 aliphatic carbocycles. The second kappa shape index (κ2) is 4.57. The van der Waals surface area contributed by atoms with Gasteiger partial charge in [-0.1, -0.05) is 18.2 Å². The summed E-state index contributed by atoms with van der Waals surface area (Å²) in [5, 5.41) is 6.57. The standard InChI is InChI=1S/C16H18N2OS/c19-15(13-9-20-14-4-2-1-3-12(13)14)18-8-6-16(11-18)5-7-17-10-16/h1-4,9,17H,5-8,10-11H2. The fraction of sp³-hybridized carbons (Fsp3) is 0.438. The molecule has 4 rings (SSSR count). The molecule has 1 spiro atoms. The number of benzene rings is 1. The van der Waals surface area contributed by atoms with E-state index in [1.807, 2.05) is 17.5 Å². The summed E-state index contributed by atoms with van der Waals surface area (Å²) in [6, 6.07) is 8.19. The lowest BCUT2D eigenvalue weighted by molar-refractivity contribution is 0.0778. The second-order valence-corrected chi connectivity index (χ2v) is 6.96. The number of likely N-dealkylation sites (tertiary alicyclic amines) is 1. The van der Waals surface area contributed by atoms with Gasteiger partial charge >= 0.3 is 0 Å². The Hall–Kier alpha value is -1.39. The van der Waals surface area contributed by atoms with Crippen LogP contribution in [-0.2, 0) is 0 Å². The van der Waals surface area contributed by atoms with Crippen LogP contribution in [0.15, 0.2) is 29.6 Å². The molecule has 0 radical (unpaired) electrons. The van der Waals surface area contributed by atoms with E-state index in [1.165, 1.54) is 11.1 Å². The lowest BCUT2D eigenvalue weighted by atomic mass is 9.86. The number of amides is 1. The first-order valence-electron chi connectivity index (χ1n) is 7.24. The molecule has 2 aliphatic heterocycles. The van der Waals surface area contributed by atoms with E-state index < -0.39 is 0 Å². The molecule has 1 N–H and O–H groups in total. The summed E-state index contributed by atoms with van der Waals surface area (Å²) in [6.45, 7) is 4.00. The van der Waals surface area contributed by atoms with E-state index in [2.05, 4.69) is 22.3 Å². The number of rotatable bonds is 1. The Morgan fingerprint density at radius 1 is 1.30 bits per heavy atom. The first-order valence-corrected chi connectivity index (χ1v) is 8.12. The SMILES string of the molecule is O=C(c1csc2ccccc12)N1CCC2(CCNC2)C1. The normalized spacial score (nSPS) is 25.9. The van der Waals surface area contributed by atoms with Crippen LogP contribution in [0.1, 0.15) is 23.2 Å². The predicted molar refractivity (Wildman–Crippen MR) is 82.3 cm³/mol. The van der Waals surface area contributed by atoms with Crippen LogP contribution in [-0.4, -0.2) is 37.0 Å². The van der Waals surface area contributed by atoms with Crippen LogP contribution in [0.25, 0.3) is 10.1 Å². The third-order valence-electron chi connectivity index (χ3n) is 4.77. The molecule has 2 saturated heterocycles. The summed E-state index contributed by atoms with van der Waals surface area (Å²) in [6.07, 6.45) is 2.36. The van der Waals surface area contributed by atoms with Gasteiger partial charge in [0.15, 0.2) is 0 Å². The van der Waals surface area contributed by atoms with Crippen molar-refractivity contribution in [3.63, 3.8) is 0 Å². The molecule has 1 atom stereocenters. The number of hydrogen-bond donors (Lipinski definition) is 1. The number of thiophene rings is 1. The third kappa shape index (κ3) is 1.86. The van der Waals surface area contributed by atoms with Crippen LogP contribution in [0, 0.1) is 5.41 Å². The molecule has 3 nitrogen and oxygen atoms in total. The highest BCUT2D eigenvalue weighted by atomic mass is 32.1. The average molecular weight is 286 g/mol. The molecule has 2 fully saturated rings. The molecule has 1 unspecified atom stereocenters.